The van der Waals surface area contributed by atoms with Crippen LogP contribution in [0.3, 0.4) is 0 Å². The molecule has 1 fully saturated rings. The molecule has 1 aromatic rings. The first kappa shape index (κ1) is 15.2. The smallest absolute Gasteiger partial charge is 0.317 e. The number of nitrogens with one attached hydrogen (secondary N) is 1. The summed E-state index contributed by atoms with van der Waals surface area (Å²) >= 11 is 0. The Kier molecular flexibility index (Phi) is 4.74. The van der Waals surface area contributed by atoms with E-state index in [9.17, 15) is 14.0 Å². The largest absolute Gasteiger partial charge is 0.395 e. The van der Waals surface area contributed by atoms with Gasteiger partial charge in [0.2, 0.25) is 5.91 Å². The topological polar surface area (TPSA) is 72.9 Å². The Morgan fingerprint density at radius 1 is 1.57 bits per heavy atom. The second-order valence-corrected chi connectivity index (χ2v) is 4.98. The van der Waals surface area contributed by atoms with Crippen LogP contribution in [0, 0.1) is 5.82 Å². The molecule has 2 rings (SSSR count). The molecule has 2 N–H and O–H groups in total. The summed E-state index contributed by atoms with van der Waals surface area (Å²) in [5.41, 5.74) is 0.487. The molecule has 0 aromatic heterocycles. The Balaban J connectivity index is 1.98. The van der Waals surface area contributed by atoms with Gasteiger partial charge in [-0.15, -0.1) is 0 Å². The van der Waals surface area contributed by atoms with E-state index in [-0.39, 0.29) is 37.6 Å². The van der Waals surface area contributed by atoms with Gasteiger partial charge in [-0.2, -0.15) is 0 Å². The molecule has 1 aliphatic heterocycles. The Hall–Kier alpha value is -2.15. The predicted octanol–water partition coefficient (Wildman–Crippen LogP) is 0.565. The molecule has 1 atom stereocenters. The highest BCUT2D eigenvalue weighted by molar-refractivity contribution is 5.96. The summed E-state index contributed by atoms with van der Waals surface area (Å²) in [5.74, 6) is -0.564. The van der Waals surface area contributed by atoms with Gasteiger partial charge in [-0.25, -0.2) is 9.18 Å². The summed E-state index contributed by atoms with van der Waals surface area (Å²) in [5, 5.41) is 11.5. The Bertz CT molecular complexity index is 538. The molecule has 3 amide bonds. The Morgan fingerprint density at radius 2 is 2.33 bits per heavy atom. The van der Waals surface area contributed by atoms with Gasteiger partial charge < -0.3 is 20.2 Å². The SMILES string of the molecule is CN(CCO)C(=O)N[C@H]1CC(=O)N(c2cccc(F)c2)C1. The molecule has 0 radical (unpaired) electrons. The van der Waals surface area contributed by atoms with Gasteiger partial charge in [0.15, 0.2) is 0 Å². The number of aliphatic hydroxyl groups is 1. The molecule has 0 unspecified atom stereocenters. The molecule has 7 heteroatoms. The van der Waals surface area contributed by atoms with Crippen molar-refractivity contribution in [2.75, 3.05) is 31.6 Å². The van der Waals surface area contributed by atoms with Crippen LogP contribution in [0.15, 0.2) is 24.3 Å². The van der Waals surface area contributed by atoms with E-state index < -0.39 is 5.82 Å². The van der Waals surface area contributed by atoms with E-state index >= 15 is 0 Å². The lowest BCUT2D eigenvalue weighted by Crippen LogP contribution is -2.45. The number of aliphatic hydroxyl groups excluding tert-OH is 1. The molecule has 1 aromatic carbocycles. The van der Waals surface area contributed by atoms with Crippen LogP contribution in [0.5, 0.6) is 0 Å². The lowest BCUT2D eigenvalue weighted by atomic mass is 10.2. The maximum absolute atomic E-state index is 13.2. The van der Waals surface area contributed by atoms with Crippen LogP contribution in [0.25, 0.3) is 0 Å². The zero-order valence-electron chi connectivity index (χ0n) is 11.8. The van der Waals surface area contributed by atoms with Crippen molar-refractivity contribution in [3.05, 3.63) is 30.1 Å². The summed E-state index contributed by atoms with van der Waals surface area (Å²) in [6, 6.07) is 5.13. The average molecular weight is 295 g/mol. The number of carbonyl (C=O) groups is 2. The van der Waals surface area contributed by atoms with Crippen molar-refractivity contribution in [1.82, 2.24) is 10.2 Å². The second-order valence-electron chi connectivity index (χ2n) is 4.98. The zero-order chi connectivity index (χ0) is 15.4. The van der Waals surface area contributed by atoms with Crippen molar-refractivity contribution < 1.29 is 19.1 Å². The van der Waals surface area contributed by atoms with Gasteiger partial charge in [0.25, 0.3) is 0 Å². The first-order valence-electron chi connectivity index (χ1n) is 6.69. The van der Waals surface area contributed by atoms with Crippen LogP contribution in [0.2, 0.25) is 0 Å². The monoisotopic (exact) mass is 295 g/mol. The van der Waals surface area contributed by atoms with Crippen LogP contribution < -0.4 is 10.2 Å². The first-order chi connectivity index (χ1) is 10.0. The number of carbonyl (C=O) groups excluding carboxylic acids is 2. The number of anilines is 1. The van der Waals surface area contributed by atoms with Crippen LogP contribution in [-0.2, 0) is 4.79 Å². The van der Waals surface area contributed by atoms with E-state index in [1.807, 2.05) is 0 Å². The summed E-state index contributed by atoms with van der Waals surface area (Å²) in [7, 11) is 1.56. The van der Waals surface area contributed by atoms with Crippen molar-refractivity contribution >= 4 is 17.6 Å². The molecule has 0 spiro atoms. The van der Waals surface area contributed by atoms with Crippen LogP contribution >= 0.6 is 0 Å². The highest BCUT2D eigenvalue weighted by atomic mass is 19.1. The standard InChI is InChI=1S/C14H18FN3O3/c1-17(5-6-19)14(21)16-11-8-13(20)18(9-11)12-4-2-3-10(15)7-12/h2-4,7,11,19H,5-6,8-9H2,1H3,(H,16,21)/t11-/m0/s1. The minimum Gasteiger partial charge on any atom is -0.395 e. The lowest BCUT2D eigenvalue weighted by molar-refractivity contribution is -0.117. The molecular formula is C14H18FN3O3. The number of hydrogen-bond donors (Lipinski definition) is 2. The Labute approximate surface area is 122 Å². The maximum Gasteiger partial charge on any atom is 0.317 e. The number of halogens is 1. The zero-order valence-corrected chi connectivity index (χ0v) is 11.8. The highest BCUT2D eigenvalue weighted by Gasteiger charge is 2.32. The maximum atomic E-state index is 13.2. The highest BCUT2D eigenvalue weighted by Crippen LogP contribution is 2.22. The summed E-state index contributed by atoms with van der Waals surface area (Å²) in [4.78, 5) is 26.6. The molecule has 0 bridgehead atoms. The van der Waals surface area contributed by atoms with Crippen molar-refractivity contribution in [2.45, 2.75) is 12.5 Å². The van der Waals surface area contributed by atoms with Crippen molar-refractivity contribution in [2.24, 2.45) is 0 Å². The fourth-order valence-electron chi connectivity index (χ4n) is 2.23. The van der Waals surface area contributed by atoms with Gasteiger partial charge >= 0.3 is 6.03 Å². The Morgan fingerprint density at radius 3 is 3.00 bits per heavy atom. The van der Waals surface area contributed by atoms with Crippen molar-refractivity contribution in [3.63, 3.8) is 0 Å². The number of hydrogen-bond acceptors (Lipinski definition) is 3. The van der Waals surface area contributed by atoms with Gasteiger partial charge in [-0.1, -0.05) is 6.07 Å². The number of rotatable bonds is 4. The number of likely N-dealkylation sites (N-methyl/N-ethyl adjacent to an activating group) is 1. The van der Waals surface area contributed by atoms with Gasteiger partial charge in [-0.05, 0) is 18.2 Å². The molecule has 1 heterocycles. The van der Waals surface area contributed by atoms with E-state index in [4.69, 9.17) is 5.11 Å². The van der Waals surface area contributed by atoms with Crippen LogP contribution in [0.1, 0.15) is 6.42 Å². The second kappa shape index (κ2) is 6.53. The number of amides is 3. The van der Waals surface area contributed by atoms with Crippen LogP contribution in [-0.4, -0.2) is 54.7 Å². The molecule has 0 aliphatic carbocycles. The molecule has 0 saturated carbocycles. The van der Waals surface area contributed by atoms with Gasteiger partial charge in [0.1, 0.15) is 5.82 Å². The quantitative estimate of drug-likeness (QED) is 0.852. The fraction of sp³-hybridized carbons (Fsp3) is 0.429. The predicted molar refractivity (Wildman–Crippen MR) is 75.4 cm³/mol. The lowest BCUT2D eigenvalue weighted by Gasteiger charge is -2.20. The minimum atomic E-state index is -0.407. The molecule has 1 saturated heterocycles. The number of nitrogens with zero attached hydrogens (tertiary/aromatic N) is 2. The number of benzene rings is 1. The third-order valence-electron chi connectivity index (χ3n) is 3.35. The van der Waals surface area contributed by atoms with E-state index in [0.717, 1.165) is 0 Å². The van der Waals surface area contributed by atoms with Crippen molar-refractivity contribution in [3.8, 4) is 0 Å². The summed E-state index contributed by atoms with van der Waals surface area (Å²) in [6.45, 7) is 0.407. The van der Waals surface area contributed by atoms with Crippen LogP contribution in [0.4, 0.5) is 14.9 Å². The third-order valence-corrected chi connectivity index (χ3v) is 3.35. The van der Waals surface area contributed by atoms with E-state index in [1.54, 1.807) is 19.2 Å². The third kappa shape index (κ3) is 3.69. The summed E-state index contributed by atoms with van der Waals surface area (Å²) in [6.07, 6.45) is 0.176. The number of urea groups is 1. The minimum absolute atomic E-state index is 0.122. The molecule has 114 valence electrons. The normalized spacial score (nSPS) is 18.0. The van der Waals surface area contributed by atoms with Gasteiger partial charge in [-0.3, -0.25) is 4.79 Å². The molecule has 6 nitrogen and oxygen atoms in total. The van der Waals surface area contributed by atoms with Gasteiger partial charge in [0.05, 0.1) is 12.6 Å². The summed E-state index contributed by atoms with van der Waals surface area (Å²) < 4.78 is 13.2. The van der Waals surface area contributed by atoms with Gasteiger partial charge in [0, 0.05) is 32.2 Å². The van der Waals surface area contributed by atoms with E-state index in [0.29, 0.717) is 12.2 Å². The molecular weight excluding hydrogens is 277 g/mol. The van der Waals surface area contributed by atoms with E-state index in [2.05, 4.69) is 5.32 Å². The first-order valence-corrected chi connectivity index (χ1v) is 6.69. The van der Waals surface area contributed by atoms with Crippen molar-refractivity contribution in [1.29, 1.82) is 0 Å². The molecule has 1 aliphatic rings. The van der Waals surface area contributed by atoms with E-state index in [1.165, 1.54) is 21.9 Å². The average Bonchev–Trinajstić information content (AvgIpc) is 2.79. The molecule has 21 heavy (non-hydrogen) atoms. The fourth-order valence-corrected chi connectivity index (χ4v) is 2.23.